The number of allylic oxidation sites excluding steroid dienone is 5. The Morgan fingerprint density at radius 1 is 0.424 bits per heavy atom. The molecule has 0 bridgehead atoms. The monoisotopic (exact) mass is 928 g/mol. The molecule has 0 aromatic heterocycles. The van der Waals surface area contributed by atoms with Gasteiger partial charge >= 0.3 is 5.97 Å². The van der Waals surface area contributed by atoms with Gasteiger partial charge in [-0.2, -0.15) is 0 Å². The van der Waals surface area contributed by atoms with E-state index in [0.29, 0.717) is 19.4 Å². The van der Waals surface area contributed by atoms with Gasteiger partial charge in [0.05, 0.1) is 25.4 Å². The molecule has 0 aliphatic carbocycles. The van der Waals surface area contributed by atoms with E-state index >= 15 is 0 Å². The van der Waals surface area contributed by atoms with Crippen LogP contribution in [-0.2, 0) is 14.3 Å². The highest BCUT2D eigenvalue weighted by atomic mass is 16.5. The molecule has 0 aromatic carbocycles. The van der Waals surface area contributed by atoms with Crippen molar-refractivity contribution in [1.82, 2.24) is 5.32 Å². The Morgan fingerprint density at radius 2 is 0.758 bits per heavy atom. The Kier molecular flexibility index (Phi) is 54.1. The van der Waals surface area contributed by atoms with E-state index in [0.717, 1.165) is 51.4 Å². The third kappa shape index (κ3) is 51.5. The maximum absolute atomic E-state index is 12.4. The highest BCUT2D eigenvalue weighted by Crippen LogP contribution is 2.17. The van der Waals surface area contributed by atoms with Gasteiger partial charge in [0.25, 0.3) is 0 Å². The first-order valence-corrected chi connectivity index (χ1v) is 29.3. The summed E-state index contributed by atoms with van der Waals surface area (Å²) in [5, 5.41) is 23.0. The van der Waals surface area contributed by atoms with E-state index in [1.54, 1.807) is 6.08 Å². The third-order valence-corrected chi connectivity index (χ3v) is 13.4. The standard InChI is InChI=1S/C60H113NO5/c1-3-5-7-9-11-13-15-16-17-24-28-31-34-38-42-46-50-54-60(65)66-55-51-47-43-39-35-32-29-26-23-21-19-18-20-22-25-27-30-33-37-41-45-49-53-59(64)61-57(56-62)58(63)52-48-44-40-36-14-12-10-8-6-4-2/h11,13,16-17,48,52,57-58,62-63H,3-10,12,14-15,18-47,49-51,53-56H2,1-2H3,(H,61,64)/b13-11-,17-16-,52-48+. The lowest BCUT2D eigenvalue weighted by Gasteiger charge is -2.20. The minimum atomic E-state index is -0.843. The van der Waals surface area contributed by atoms with Crippen LogP contribution in [0.5, 0.6) is 0 Å². The first-order valence-electron chi connectivity index (χ1n) is 29.3. The van der Waals surface area contributed by atoms with Crippen molar-refractivity contribution in [2.45, 2.75) is 321 Å². The lowest BCUT2D eigenvalue weighted by atomic mass is 10.0. The molecular formula is C60H113NO5. The third-order valence-electron chi connectivity index (χ3n) is 13.4. The van der Waals surface area contributed by atoms with Crippen LogP contribution in [0.2, 0.25) is 0 Å². The molecule has 0 heterocycles. The Balaban J connectivity index is 3.37. The highest BCUT2D eigenvalue weighted by molar-refractivity contribution is 5.76. The number of rotatable bonds is 54. The maximum Gasteiger partial charge on any atom is 0.305 e. The van der Waals surface area contributed by atoms with Crippen molar-refractivity contribution in [3.05, 3.63) is 36.5 Å². The topological polar surface area (TPSA) is 95.9 Å². The molecule has 388 valence electrons. The zero-order chi connectivity index (χ0) is 47.9. The molecule has 3 N–H and O–H groups in total. The molecule has 2 unspecified atom stereocenters. The molecule has 0 rings (SSSR count). The van der Waals surface area contributed by atoms with Gasteiger partial charge in [-0.1, -0.05) is 269 Å². The highest BCUT2D eigenvalue weighted by Gasteiger charge is 2.18. The minimum Gasteiger partial charge on any atom is -0.466 e. The normalized spacial score (nSPS) is 12.8. The summed E-state index contributed by atoms with van der Waals surface area (Å²) in [6, 6.07) is -0.626. The number of amides is 1. The molecule has 0 spiro atoms. The van der Waals surface area contributed by atoms with E-state index in [1.807, 2.05) is 6.08 Å². The number of esters is 1. The van der Waals surface area contributed by atoms with Crippen molar-refractivity contribution in [3.63, 3.8) is 0 Å². The Labute approximate surface area is 411 Å². The number of unbranched alkanes of at least 4 members (excludes halogenated alkanes) is 39. The number of nitrogens with one attached hydrogen (secondary N) is 1. The van der Waals surface area contributed by atoms with Gasteiger partial charge in [-0.25, -0.2) is 0 Å². The fraction of sp³-hybridized carbons (Fsp3) is 0.867. The van der Waals surface area contributed by atoms with E-state index in [2.05, 4.69) is 43.5 Å². The van der Waals surface area contributed by atoms with Gasteiger partial charge in [-0.15, -0.1) is 0 Å². The van der Waals surface area contributed by atoms with Crippen molar-refractivity contribution < 1.29 is 24.5 Å². The van der Waals surface area contributed by atoms with Crippen LogP contribution >= 0.6 is 0 Å². The lowest BCUT2D eigenvalue weighted by molar-refractivity contribution is -0.143. The fourth-order valence-corrected chi connectivity index (χ4v) is 8.90. The number of aliphatic hydroxyl groups excluding tert-OH is 2. The van der Waals surface area contributed by atoms with Gasteiger partial charge in [0.15, 0.2) is 0 Å². The average Bonchev–Trinajstić information content (AvgIpc) is 3.32. The Hall–Kier alpha value is -1.92. The maximum atomic E-state index is 12.4. The van der Waals surface area contributed by atoms with Crippen molar-refractivity contribution in [2.75, 3.05) is 13.2 Å². The van der Waals surface area contributed by atoms with Gasteiger partial charge in [0, 0.05) is 12.8 Å². The molecule has 0 aliphatic rings. The summed E-state index contributed by atoms with van der Waals surface area (Å²) in [6.07, 6.45) is 68.9. The summed E-state index contributed by atoms with van der Waals surface area (Å²) >= 11 is 0. The number of carbonyl (C=O) groups is 2. The fourth-order valence-electron chi connectivity index (χ4n) is 8.90. The van der Waals surface area contributed by atoms with Crippen molar-refractivity contribution in [3.8, 4) is 0 Å². The van der Waals surface area contributed by atoms with E-state index in [-0.39, 0.29) is 18.5 Å². The van der Waals surface area contributed by atoms with Crippen LogP contribution in [0.1, 0.15) is 309 Å². The zero-order valence-electron chi connectivity index (χ0n) is 44.2. The molecule has 2 atom stereocenters. The zero-order valence-corrected chi connectivity index (χ0v) is 44.2. The molecule has 0 saturated carbocycles. The van der Waals surface area contributed by atoms with Crippen LogP contribution in [0.25, 0.3) is 0 Å². The minimum absolute atomic E-state index is 0.00459. The average molecular weight is 929 g/mol. The van der Waals surface area contributed by atoms with Gasteiger partial charge in [-0.3, -0.25) is 9.59 Å². The predicted octanol–water partition coefficient (Wildman–Crippen LogP) is 18.0. The molecule has 1 amide bonds. The predicted molar refractivity (Wildman–Crippen MR) is 287 cm³/mol. The lowest BCUT2D eigenvalue weighted by Crippen LogP contribution is -2.45. The number of aliphatic hydroxyl groups is 2. The number of hydrogen-bond acceptors (Lipinski definition) is 5. The summed E-state index contributed by atoms with van der Waals surface area (Å²) in [5.41, 5.74) is 0. The molecule has 0 aliphatic heterocycles. The van der Waals surface area contributed by atoms with Gasteiger partial charge in [0.2, 0.25) is 5.91 Å². The molecule has 66 heavy (non-hydrogen) atoms. The summed E-state index contributed by atoms with van der Waals surface area (Å²) < 4.78 is 5.49. The first-order chi connectivity index (χ1) is 32.5. The van der Waals surface area contributed by atoms with Crippen LogP contribution in [0, 0.1) is 0 Å². The van der Waals surface area contributed by atoms with Crippen LogP contribution in [-0.4, -0.2) is 47.4 Å². The Bertz CT molecular complexity index is 1070. The molecule has 0 radical (unpaired) electrons. The van der Waals surface area contributed by atoms with E-state index in [1.165, 1.54) is 231 Å². The first kappa shape index (κ1) is 64.1. The van der Waals surface area contributed by atoms with Gasteiger partial charge < -0.3 is 20.3 Å². The van der Waals surface area contributed by atoms with Crippen molar-refractivity contribution >= 4 is 11.9 Å². The molecule has 0 aromatic rings. The molecule has 0 saturated heterocycles. The smallest absolute Gasteiger partial charge is 0.305 e. The largest absolute Gasteiger partial charge is 0.466 e. The van der Waals surface area contributed by atoms with Crippen LogP contribution in [0.3, 0.4) is 0 Å². The Morgan fingerprint density at radius 3 is 1.18 bits per heavy atom. The quantitative estimate of drug-likeness (QED) is 0.0321. The van der Waals surface area contributed by atoms with Crippen LogP contribution in [0.4, 0.5) is 0 Å². The SMILES string of the molecule is CCCCC/C=C\C/C=C\CCCCCCCCCC(=O)OCCCCCCCCCCCCCCCCCCCCCCCCC(=O)NC(CO)C(O)/C=C/CCCCCCCCCC. The molecule has 0 fully saturated rings. The van der Waals surface area contributed by atoms with Crippen molar-refractivity contribution in [1.29, 1.82) is 0 Å². The van der Waals surface area contributed by atoms with Crippen LogP contribution < -0.4 is 5.32 Å². The van der Waals surface area contributed by atoms with Crippen molar-refractivity contribution in [2.24, 2.45) is 0 Å². The summed E-state index contributed by atoms with van der Waals surface area (Å²) in [6.45, 7) is 4.86. The number of ether oxygens (including phenoxy) is 1. The molecule has 6 heteroatoms. The number of carbonyl (C=O) groups excluding carboxylic acids is 2. The summed E-state index contributed by atoms with van der Waals surface area (Å²) in [5.74, 6) is -0.0655. The van der Waals surface area contributed by atoms with E-state index in [4.69, 9.17) is 4.74 Å². The second-order valence-corrected chi connectivity index (χ2v) is 20.0. The molecule has 6 nitrogen and oxygen atoms in total. The van der Waals surface area contributed by atoms with Crippen LogP contribution in [0.15, 0.2) is 36.5 Å². The number of hydrogen-bond donors (Lipinski definition) is 3. The van der Waals surface area contributed by atoms with Gasteiger partial charge in [-0.05, 0) is 64.2 Å². The van der Waals surface area contributed by atoms with E-state index in [9.17, 15) is 19.8 Å². The second kappa shape index (κ2) is 55.7. The second-order valence-electron chi connectivity index (χ2n) is 20.0. The van der Waals surface area contributed by atoms with Gasteiger partial charge in [0.1, 0.15) is 0 Å². The summed E-state index contributed by atoms with van der Waals surface area (Å²) in [4.78, 5) is 24.5. The summed E-state index contributed by atoms with van der Waals surface area (Å²) in [7, 11) is 0. The molecular weight excluding hydrogens is 815 g/mol. The van der Waals surface area contributed by atoms with E-state index < -0.39 is 12.1 Å².